The molecule has 1 amide bonds. The van der Waals surface area contributed by atoms with Crippen LogP contribution in [0.2, 0.25) is 0 Å². The van der Waals surface area contributed by atoms with Crippen molar-refractivity contribution in [3.8, 4) is 17.1 Å². The molecule has 2 aromatic carbocycles. The fourth-order valence-electron chi connectivity index (χ4n) is 3.95. The Bertz CT molecular complexity index is 1500. The van der Waals surface area contributed by atoms with E-state index in [2.05, 4.69) is 20.7 Å². The molecule has 9 nitrogen and oxygen atoms in total. The van der Waals surface area contributed by atoms with Gasteiger partial charge in [0.2, 0.25) is 5.91 Å². The summed E-state index contributed by atoms with van der Waals surface area (Å²) in [6.07, 6.45) is 1.76. The molecule has 0 spiro atoms. The number of rotatable bonds is 5. The number of hydrogen-bond donors (Lipinski definition) is 2. The topological polar surface area (TPSA) is 103 Å². The molecule has 0 atom stereocenters. The van der Waals surface area contributed by atoms with Gasteiger partial charge in [-0.1, -0.05) is 18.2 Å². The van der Waals surface area contributed by atoms with Crippen LogP contribution in [0.25, 0.3) is 28.2 Å². The molecule has 0 unspecified atom stereocenters. The Labute approximate surface area is 196 Å². The van der Waals surface area contributed by atoms with Crippen LogP contribution >= 0.6 is 0 Å². The molecule has 5 rings (SSSR count). The molecule has 2 N–H and O–H groups in total. The molecule has 0 aliphatic rings. The van der Waals surface area contributed by atoms with Gasteiger partial charge in [-0.2, -0.15) is 5.10 Å². The third-order valence-corrected chi connectivity index (χ3v) is 5.63. The van der Waals surface area contributed by atoms with E-state index in [1.54, 1.807) is 6.33 Å². The molecule has 170 valence electrons. The molecular weight excluding hydrogens is 428 g/mol. The van der Waals surface area contributed by atoms with Gasteiger partial charge in [0.25, 0.3) is 0 Å². The van der Waals surface area contributed by atoms with Crippen molar-refractivity contribution < 1.29 is 4.79 Å². The van der Waals surface area contributed by atoms with E-state index in [1.807, 2.05) is 84.7 Å². The second kappa shape index (κ2) is 8.43. The predicted octanol–water partition coefficient (Wildman–Crippen LogP) is 4.53. The highest BCUT2D eigenvalue weighted by Crippen LogP contribution is 2.31. The summed E-state index contributed by atoms with van der Waals surface area (Å²) in [4.78, 5) is 25.7. The van der Waals surface area contributed by atoms with Crippen LogP contribution in [0.3, 0.4) is 0 Å². The van der Waals surface area contributed by atoms with Crippen LogP contribution in [0.4, 0.5) is 17.2 Å². The molecule has 9 heteroatoms. The Morgan fingerprint density at radius 1 is 0.941 bits per heavy atom. The minimum Gasteiger partial charge on any atom is -0.338 e. The number of amides is 1. The molecule has 0 fully saturated rings. The number of para-hydroxylation sites is 1. The van der Waals surface area contributed by atoms with Gasteiger partial charge in [-0.3, -0.25) is 14.0 Å². The van der Waals surface area contributed by atoms with E-state index >= 15 is 0 Å². The van der Waals surface area contributed by atoms with Gasteiger partial charge >= 0.3 is 0 Å². The van der Waals surface area contributed by atoms with Crippen molar-refractivity contribution in [3.05, 3.63) is 72.3 Å². The molecule has 0 aliphatic carbocycles. The molecule has 3 aromatic heterocycles. The van der Waals surface area contributed by atoms with Crippen LogP contribution in [-0.4, -0.2) is 35.2 Å². The number of fused-ring (bicyclic) bond motifs is 1. The molecule has 0 saturated carbocycles. The standard InChI is InChI=1S/C25H24N8O/c1-15-21(16(2)32(4)31-15)23-29-24(28-19-12-10-18(11-13-19)27-17(3)34)22-25(30-23)33(14-26-22)20-8-6-5-7-9-20/h5-14H,1-4H3,(H,27,34)(H,28,29,30). The summed E-state index contributed by atoms with van der Waals surface area (Å²) in [6.45, 7) is 5.44. The van der Waals surface area contributed by atoms with Crippen molar-refractivity contribution in [2.24, 2.45) is 7.05 Å². The quantitative estimate of drug-likeness (QED) is 0.406. The molecule has 0 saturated heterocycles. The zero-order valence-corrected chi connectivity index (χ0v) is 19.4. The third kappa shape index (κ3) is 3.88. The number of imidazole rings is 1. The predicted molar refractivity (Wildman–Crippen MR) is 132 cm³/mol. The number of hydrogen-bond acceptors (Lipinski definition) is 6. The molecule has 0 aliphatic heterocycles. The zero-order valence-electron chi connectivity index (χ0n) is 19.4. The van der Waals surface area contributed by atoms with Gasteiger partial charge in [-0.15, -0.1) is 0 Å². The molecule has 3 heterocycles. The maximum absolute atomic E-state index is 11.3. The number of nitrogens with one attached hydrogen (secondary N) is 2. The van der Waals surface area contributed by atoms with E-state index in [-0.39, 0.29) is 5.91 Å². The van der Waals surface area contributed by atoms with Crippen LogP contribution in [0, 0.1) is 13.8 Å². The highest BCUT2D eigenvalue weighted by molar-refractivity contribution is 5.90. The summed E-state index contributed by atoms with van der Waals surface area (Å²) in [5, 5.41) is 10.7. The second-order valence-electron chi connectivity index (χ2n) is 8.07. The van der Waals surface area contributed by atoms with E-state index in [0.29, 0.717) is 22.8 Å². The fourth-order valence-corrected chi connectivity index (χ4v) is 3.95. The smallest absolute Gasteiger partial charge is 0.221 e. The van der Waals surface area contributed by atoms with Crippen LogP contribution in [-0.2, 0) is 11.8 Å². The molecule has 0 radical (unpaired) electrons. The Morgan fingerprint density at radius 3 is 2.29 bits per heavy atom. The second-order valence-corrected chi connectivity index (χ2v) is 8.07. The number of carbonyl (C=O) groups is 1. The summed E-state index contributed by atoms with van der Waals surface area (Å²) in [7, 11) is 1.91. The minimum atomic E-state index is -0.114. The lowest BCUT2D eigenvalue weighted by Gasteiger charge is -2.11. The van der Waals surface area contributed by atoms with Crippen molar-refractivity contribution in [2.45, 2.75) is 20.8 Å². The summed E-state index contributed by atoms with van der Waals surface area (Å²) in [6, 6.07) is 17.4. The van der Waals surface area contributed by atoms with Crippen LogP contribution in [0.1, 0.15) is 18.3 Å². The number of nitrogens with zero attached hydrogens (tertiary/aromatic N) is 6. The third-order valence-electron chi connectivity index (χ3n) is 5.63. The van der Waals surface area contributed by atoms with Gasteiger partial charge in [0.05, 0.1) is 11.3 Å². The van der Waals surface area contributed by atoms with E-state index in [4.69, 9.17) is 9.97 Å². The fraction of sp³-hybridized carbons (Fsp3) is 0.160. The van der Waals surface area contributed by atoms with Gasteiger partial charge < -0.3 is 10.6 Å². The largest absolute Gasteiger partial charge is 0.338 e. The maximum Gasteiger partial charge on any atom is 0.221 e. The first-order valence-electron chi connectivity index (χ1n) is 10.9. The minimum absolute atomic E-state index is 0.114. The van der Waals surface area contributed by atoms with Crippen molar-refractivity contribution in [1.29, 1.82) is 0 Å². The summed E-state index contributed by atoms with van der Waals surface area (Å²) < 4.78 is 3.78. The van der Waals surface area contributed by atoms with Crippen molar-refractivity contribution in [3.63, 3.8) is 0 Å². The zero-order chi connectivity index (χ0) is 23.8. The number of aryl methyl sites for hydroxylation is 2. The van der Waals surface area contributed by atoms with Gasteiger partial charge in [-0.05, 0) is 50.2 Å². The Morgan fingerprint density at radius 2 is 1.65 bits per heavy atom. The van der Waals surface area contributed by atoms with Crippen LogP contribution < -0.4 is 10.6 Å². The Kier molecular flexibility index (Phi) is 5.29. The first kappa shape index (κ1) is 21.3. The number of aromatic nitrogens is 6. The number of benzene rings is 2. The maximum atomic E-state index is 11.3. The molecule has 0 bridgehead atoms. The lowest BCUT2D eigenvalue weighted by molar-refractivity contribution is -0.114. The lowest BCUT2D eigenvalue weighted by Crippen LogP contribution is -2.05. The average molecular weight is 453 g/mol. The van der Waals surface area contributed by atoms with Gasteiger partial charge in [0, 0.05) is 36.7 Å². The number of anilines is 3. The molecular formula is C25H24N8O. The highest BCUT2D eigenvalue weighted by atomic mass is 16.1. The van der Waals surface area contributed by atoms with E-state index in [1.165, 1.54) is 6.92 Å². The SMILES string of the molecule is CC(=O)Nc1ccc(Nc2nc(-c3c(C)nn(C)c3C)nc3c2ncn3-c2ccccc2)cc1. The highest BCUT2D eigenvalue weighted by Gasteiger charge is 2.20. The average Bonchev–Trinajstić information content (AvgIpc) is 3.35. The lowest BCUT2D eigenvalue weighted by atomic mass is 10.2. The molecule has 34 heavy (non-hydrogen) atoms. The summed E-state index contributed by atoms with van der Waals surface area (Å²) >= 11 is 0. The van der Waals surface area contributed by atoms with Gasteiger partial charge in [0.15, 0.2) is 22.8 Å². The Balaban J connectivity index is 1.66. The van der Waals surface area contributed by atoms with E-state index in [9.17, 15) is 4.79 Å². The van der Waals surface area contributed by atoms with E-state index in [0.717, 1.165) is 34.0 Å². The van der Waals surface area contributed by atoms with E-state index < -0.39 is 0 Å². The van der Waals surface area contributed by atoms with Crippen molar-refractivity contribution in [1.82, 2.24) is 29.3 Å². The summed E-state index contributed by atoms with van der Waals surface area (Å²) in [5.41, 5.74) is 6.57. The van der Waals surface area contributed by atoms with Gasteiger partial charge in [-0.25, -0.2) is 15.0 Å². The Hall–Kier alpha value is -4.53. The van der Waals surface area contributed by atoms with Crippen molar-refractivity contribution in [2.75, 3.05) is 10.6 Å². The summed E-state index contributed by atoms with van der Waals surface area (Å²) in [5.74, 6) is 1.05. The number of carbonyl (C=O) groups excluding carboxylic acids is 1. The monoisotopic (exact) mass is 452 g/mol. The van der Waals surface area contributed by atoms with Crippen LogP contribution in [0.5, 0.6) is 0 Å². The first-order chi connectivity index (χ1) is 16.4. The van der Waals surface area contributed by atoms with Crippen molar-refractivity contribution >= 4 is 34.3 Å². The first-order valence-corrected chi connectivity index (χ1v) is 10.9. The molecule has 5 aromatic rings. The van der Waals surface area contributed by atoms with Gasteiger partial charge in [0.1, 0.15) is 6.33 Å². The van der Waals surface area contributed by atoms with Crippen LogP contribution in [0.15, 0.2) is 60.9 Å². The normalized spacial score (nSPS) is 11.1.